The van der Waals surface area contributed by atoms with Crippen molar-refractivity contribution in [2.45, 2.75) is 6.54 Å². The Morgan fingerprint density at radius 2 is 2.14 bits per heavy atom. The number of methoxy groups -OCH3 is 1. The van der Waals surface area contributed by atoms with Gasteiger partial charge < -0.3 is 14.8 Å². The van der Waals surface area contributed by atoms with Crippen molar-refractivity contribution in [2.75, 3.05) is 20.3 Å². The lowest BCUT2D eigenvalue weighted by Crippen LogP contribution is -2.18. The van der Waals surface area contributed by atoms with Gasteiger partial charge in [0, 0.05) is 32.5 Å². The van der Waals surface area contributed by atoms with Crippen LogP contribution in [0.15, 0.2) is 41.0 Å². The smallest absolute Gasteiger partial charge is 0.219 e. The molecule has 0 aliphatic heterocycles. The monoisotopic (exact) mass is 354 g/mol. The molecule has 0 radical (unpaired) electrons. The third-order valence-electron chi connectivity index (χ3n) is 2.72. The maximum Gasteiger partial charge on any atom is 0.219 e. The number of ether oxygens (including phenoxy) is 2. The summed E-state index contributed by atoms with van der Waals surface area (Å²) in [5.41, 5.74) is 1.05. The fraction of sp³-hybridized carbons (Fsp3) is 0.267. The zero-order valence-electron chi connectivity index (χ0n) is 11.6. The molecule has 0 atom stereocenters. The van der Waals surface area contributed by atoms with Gasteiger partial charge in [0.2, 0.25) is 5.88 Å². The SMILES string of the molecule is COCCNCc1ccc(Oc2ccc(F)c(Br)c2)nc1. The first-order valence-electron chi connectivity index (χ1n) is 6.46. The van der Waals surface area contributed by atoms with Gasteiger partial charge in [-0.3, -0.25) is 0 Å². The van der Waals surface area contributed by atoms with E-state index in [-0.39, 0.29) is 5.82 Å². The zero-order chi connectivity index (χ0) is 15.1. The molecule has 0 bridgehead atoms. The van der Waals surface area contributed by atoms with Gasteiger partial charge in [0.05, 0.1) is 11.1 Å². The van der Waals surface area contributed by atoms with E-state index in [0.717, 1.165) is 18.7 Å². The number of pyridine rings is 1. The highest BCUT2D eigenvalue weighted by molar-refractivity contribution is 9.10. The van der Waals surface area contributed by atoms with Crippen molar-refractivity contribution in [1.29, 1.82) is 0 Å². The van der Waals surface area contributed by atoms with Gasteiger partial charge in [0.1, 0.15) is 11.6 Å². The molecule has 2 rings (SSSR count). The first-order chi connectivity index (χ1) is 10.2. The molecular weight excluding hydrogens is 339 g/mol. The molecule has 0 spiro atoms. The molecule has 0 fully saturated rings. The number of nitrogens with one attached hydrogen (secondary N) is 1. The van der Waals surface area contributed by atoms with Crippen LogP contribution in [0.4, 0.5) is 4.39 Å². The molecule has 0 aliphatic carbocycles. The Morgan fingerprint density at radius 3 is 2.81 bits per heavy atom. The minimum atomic E-state index is -0.326. The maximum absolute atomic E-state index is 13.1. The summed E-state index contributed by atoms with van der Waals surface area (Å²) in [4.78, 5) is 4.22. The van der Waals surface area contributed by atoms with E-state index in [9.17, 15) is 4.39 Å². The summed E-state index contributed by atoms with van der Waals surface area (Å²) in [6.07, 6.45) is 1.74. The number of rotatable bonds is 7. The Hall–Kier alpha value is -1.50. The Labute approximate surface area is 131 Å². The van der Waals surface area contributed by atoms with Crippen molar-refractivity contribution < 1.29 is 13.9 Å². The number of halogens is 2. The molecule has 0 unspecified atom stereocenters. The second kappa shape index (κ2) is 8.07. The van der Waals surface area contributed by atoms with E-state index >= 15 is 0 Å². The largest absolute Gasteiger partial charge is 0.439 e. The molecule has 1 aromatic heterocycles. The van der Waals surface area contributed by atoms with Gasteiger partial charge in [-0.25, -0.2) is 9.37 Å². The molecule has 4 nitrogen and oxygen atoms in total. The summed E-state index contributed by atoms with van der Waals surface area (Å²) < 4.78 is 24.0. The number of nitrogens with zero attached hydrogens (tertiary/aromatic N) is 1. The van der Waals surface area contributed by atoms with Crippen molar-refractivity contribution in [2.24, 2.45) is 0 Å². The average Bonchev–Trinajstić information content (AvgIpc) is 2.49. The van der Waals surface area contributed by atoms with E-state index < -0.39 is 0 Å². The summed E-state index contributed by atoms with van der Waals surface area (Å²) in [5, 5.41) is 3.23. The standard InChI is InChI=1S/C15H16BrFN2O2/c1-20-7-6-18-9-11-2-5-15(19-10-11)21-12-3-4-14(17)13(16)8-12/h2-5,8,10,18H,6-7,9H2,1H3. The van der Waals surface area contributed by atoms with Crippen LogP contribution in [0.1, 0.15) is 5.56 Å². The summed E-state index contributed by atoms with van der Waals surface area (Å²) in [5.74, 6) is 0.670. The number of hydrogen-bond acceptors (Lipinski definition) is 4. The van der Waals surface area contributed by atoms with E-state index in [1.165, 1.54) is 6.07 Å². The maximum atomic E-state index is 13.1. The molecule has 0 saturated heterocycles. The Kier molecular flexibility index (Phi) is 6.10. The first-order valence-corrected chi connectivity index (χ1v) is 7.26. The lowest BCUT2D eigenvalue weighted by atomic mass is 10.3. The minimum absolute atomic E-state index is 0.326. The minimum Gasteiger partial charge on any atom is -0.439 e. The van der Waals surface area contributed by atoms with Crippen LogP contribution in [0, 0.1) is 5.82 Å². The predicted molar refractivity (Wildman–Crippen MR) is 82.0 cm³/mol. The quantitative estimate of drug-likeness (QED) is 0.772. The summed E-state index contributed by atoms with van der Waals surface area (Å²) >= 11 is 3.12. The Bertz CT molecular complexity index is 578. The highest BCUT2D eigenvalue weighted by atomic mass is 79.9. The third kappa shape index (κ3) is 5.08. The molecule has 21 heavy (non-hydrogen) atoms. The van der Waals surface area contributed by atoms with Crippen LogP contribution in [0.2, 0.25) is 0 Å². The van der Waals surface area contributed by atoms with E-state index in [0.29, 0.717) is 22.7 Å². The summed E-state index contributed by atoms with van der Waals surface area (Å²) in [7, 11) is 1.67. The fourth-order valence-corrected chi connectivity index (χ4v) is 2.00. The number of aromatic nitrogens is 1. The van der Waals surface area contributed by atoms with Crippen molar-refractivity contribution in [3.8, 4) is 11.6 Å². The van der Waals surface area contributed by atoms with Gasteiger partial charge in [-0.1, -0.05) is 6.07 Å². The van der Waals surface area contributed by atoms with Crippen molar-refractivity contribution in [3.05, 3.63) is 52.4 Å². The molecule has 0 saturated carbocycles. The lowest BCUT2D eigenvalue weighted by molar-refractivity contribution is 0.199. The Balaban J connectivity index is 1.91. The van der Waals surface area contributed by atoms with E-state index in [4.69, 9.17) is 9.47 Å². The van der Waals surface area contributed by atoms with Gasteiger partial charge in [-0.15, -0.1) is 0 Å². The molecular formula is C15H16BrFN2O2. The molecule has 1 heterocycles. The van der Waals surface area contributed by atoms with Crippen molar-refractivity contribution >= 4 is 15.9 Å². The molecule has 6 heteroatoms. The van der Waals surface area contributed by atoms with Crippen LogP contribution < -0.4 is 10.1 Å². The van der Waals surface area contributed by atoms with E-state index in [2.05, 4.69) is 26.2 Å². The second-order valence-electron chi connectivity index (χ2n) is 4.35. The summed E-state index contributed by atoms with van der Waals surface area (Å²) in [6.45, 7) is 2.19. The normalized spacial score (nSPS) is 10.6. The van der Waals surface area contributed by atoms with Gasteiger partial charge in [-0.05, 0) is 39.7 Å². The van der Waals surface area contributed by atoms with Crippen LogP contribution in [0.25, 0.3) is 0 Å². The van der Waals surface area contributed by atoms with Gasteiger partial charge in [0.15, 0.2) is 0 Å². The van der Waals surface area contributed by atoms with Crippen LogP contribution in [0.5, 0.6) is 11.6 Å². The fourth-order valence-electron chi connectivity index (χ4n) is 1.64. The topological polar surface area (TPSA) is 43.4 Å². The van der Waals surface area contributed by atoms with Crippen LogP contribution >= 0.6 is 15.9 Å². The predicted octanol–water partition coefficient (Wildman–Crippen LogP) is 3.51. The van der Waals surface area contributed by atoms with Crippen LogP contribution in [0.3, 0.4) is 0 Å². The van der Waals surface area contributed by atoms with E-state index in [1.807, 2.05) is 6.07 Å². The molecule has 112 valence electrons. The number of benzene rings is 1. The zero-order valence-corrected chi connectivity index (χ0v) is 13.2. The molecule has 1 N–H and O–H groups in total. The van der Waals surface area contributed by atoms with Gasteiger partial charge >= 0.3 is 0 Å². The van der Waals surface area contributed by atoms with Gasteiger partial charge in [-0.2, -0.15) is 0 Å². The second-order valence-corrected chi connectivity index (χ2v) is 5.21. The van der Waals surface area contributed by atoms with Crippen molar-refractivity contribution in [3.63, 3.8) is 0 Å². The average molecular weight is 355 g/mol. The highest BCUT2D eigenvalue weighted by Crippen LogP contribution is 2.25. The molecule has 0 amide bonds. The van der Waals surface area contributed by atoms with E-state index in [1.54, 1.807) is 31.5 Å². The number of hydrogen-bond donors (Lipinski definition) is 1. The van der Waals surface area contributed by atoms with Gasteiger partial charge in [0.25, 0.3) is 0 Å². The highest BCUT2D eigenvalue weighted by Gasteiger charge is 2.03. The molecule has 0 aliphatic rings. The first kappa shape index (κ1) is 15.9. The van der Waals surface area contributed by atoms with Crippen LogP contribution in [-0.2, 0) is 11.3 Å². The van der Waals surface area contributed by atoms with Crippen molar-refractivity contribution in [1.82, 2.24) is 10.3 Å². The molecule has 1 aromatic carbocycles. The molecule has 2 aromatic rings. The lowest BCUT2D eigenvalue weighted by Gasteiger charge is -2.07. The summed E-state index contributed by atoms with van der Waals surface area (Å²) in [6, 6.07) is 8.18. The van der Waals surface area contributed by atoms with Crippen LogP contribution in [-0.4, -0.2) is 25.2 Å². The Morgan fingerprint density at radius 1 is 1.29 bits per heavy atom. The third-order valence-corrected chi connectivity index (χ3v) is 3.33.